The summed E-state index contributed by atoms with van der Waals surface area (Å²) in [6.07, 6.45) is -4.34. The van der Waals surface area contributed by atoms with Gasteiger partial charge < -0.3 is 5.73 Å². The van der Waals surface area contributed by atoms with E-state index in [9.17, 15) is 13.2 Å². The molecule has 0 amide bonds. The van der Waals surface area contributed by atoms with E-state index in [1.807, 2.05) is 0 Å². The second-order valence-corrected chi connectivity index (χ2v) is 4.90. The van der Waals surface area contributed by atoms with Gasteiger partial charge >= 0.3 is 6.18 Å². The Hall–Kier alpha value is -0.390. The van der Waals surface area contributed by atoms with Crippen LogP contribution >= 0.6 is 23.4 Å². The molecule has 1 nitrogen and oxygen atoms in total. The fourth-order valence-corrected chi connectivity index (χ4v) is 2.47. The third-order valence-electron chi connectivity index (χ3n) is 1.87. The quantitative estimate of drug-likeness (QED) is 0.843. The van der Waals surface area contributed by atoms with Crippen molar-refractivity contribution in [3.63, 3.8) is 0 Å². The molecule has 0 saturated heterocycles. The molecule has 0 heterocycles. The fraction of sp³-hybridized carbons (Fsp3) is 0.400. The average Bonchev–Trinajstić information content (AvgIpc) is 2.16. The van der Waals surface area contributed by atoms with Gasteiger partial charge in [-0.15, -0.1) is 11.8 Å². The van der Waals surface area contributed by atoms with Crippen molar-refractivity contribution in [1.29, 1.82) is 0 Å². The van der Waals surface area contributed by atoms with Gasteiger partial charge in [0.25, 0.3) is 0 Å². The molecule has 1 aromatic rings. The summed E-state index contributed by atoms with van der Waals surface area (Å²) in [7, 11) is 0. The van der Waals surface area contributed by atoms with Gasteiger partial charge in [-0.05, 0) is 31.2 Å². The Morgan fingerprint density at radius 3 is 2.56 bits per heavy atom. The molecule has 0 aliphatic heterocycles. The van der Waals surface area contributed by atoms with E-state index in [0.29, 0.717) is 9.92 Å². The molecule has 6 heteroatoms. The molecule has 0 saturated carbocycles. The van der Waals surface area contributed by atoms with Gasteiger partial charge in [0.2, 0.25) is 0 Å². The highest BCUT2D eigenvalue weighted by atomic mass is 35.5. The Kier molecular flexibility index (Phi) is 4.95. The fourth-order valence-electron chi connectivity index (χ4n) is 1.15. The Morgan fingerprint density at radius 1 is 1.38 bits per heavy atom. The maximum absolute atomic E-state index is 12.6. The van der Waals surface area contributed by atoms with Gasteiger partial charge in [-0.25, -0.2) is 0 Å². The summed E-state index contributed by atoms with van der Waals surface area (Å²) in [5.41, 5.74) is 5.17. The summed E-state index contributed by atoms with van der Waals surface area (Å²) >= 11 is 6.45. The summed E-state index contributed by atoms with van der Waals surface area (Å²) < 4.78 is 37.8. The lowest BCUT2D eigenvalue weighted by Crippen LogP contribution is -2.28. The van der Waals surface area contributed by atoms with Crippen molar-refractivity contribution < 1.29 is 13.2 Å². The molecule has 1 atom stereocenters. The number of hydrogen-bond acceptors (Lipinski definition) is 2. The van der Waals surface area contributed by atoms with Crippen LogP contribution in [0.15, 0.2) is 29.2 Å². The van der Waals surface area contributed by atoms with E-state index in [-0.39, 0.29) is 13.0 Å². The Morgan fingerprint density at radius 2 is 2.06 bits per heavy atom. The predicted octanol–water partition coefficient (Wildman–Crippen LogP) is 3.71. The molecule has 1 rings (SSSR count). The number of halogens is 4. The smallest absolute Gasteiger partial charge is 0.330 e. The van der Waals surface area contributed by atoms with E-state index >= 15 is 0 Å². The van der Waals surface area contributed by atoms with Crippen molar-refractivity contribution in [2.24, 2.45) is 5.73 Å². The van der Waals surface area contributed by atoms with Gasteiger partial charge in [-0.1, -0.05) is 17.7 Å². The highest BCUT2D eigenvalue weighted by molar-refractivity contribution is 8.00. The zero-order valence-electron chi connectivity index (χ0n) is 8.30. The van der Waals surface area contributed by atoms with Crippen LogP contribution in [-0.4, -0.2) is 18.0 Å². The minimum atomic E-state index is -4.24. The minimum Gasteiger partial charge on any atom is -0.330 e. The topological polar surface area (TPSA) is 26.0 Å². The van der Waals surface area contributed by atoms with Crippen LogP contribution < -0.4 is 5.73 Å². The van der Waals surface area contributed by atoms with Gasteiger partial charge in [0.05, 0.1) is 0 Å². The van der Waals surface area contributed by atoms with E-state index in [4.69, 9.17) is 17.3 Å². The summed E-state index contributed by atoms with van der Waals surface area (Å²) in [5.74, 6) is 0. The van der Waals surface area contributed by atoms with E-state index in [0.717, 1.165) is 11.8 Å². The monoisotopic (exact) mass is 269 g/mol. The summed E-state index contributed by atoms with van der Waals surface area (Å²) in [5, 5.41) is -1.05. The molecule has 0 aliphatic rings. The summed E-state index contributed by atoms with van der Waals surface area (Å²) in [4.78, 5) is 0.503. The maximum atomic E-state index is 12.6. The van der Waals surface area contributed by atoms with Gasteiger partial charge in [0, 0.05) is 9.92 Å². The normalized spacial score (nSPS) is 13.8. The predicted molar refractivity (Wildman–Crippen MR) is 60.8 cm³/mol. The van der Waals surface area contributed by atoms with Crippen LogP contribution in [0.5, 0.6) is 0 Å². The second kappa shape index (κ2) is 5.80. The molecular formula is C10H11ClF3NS. The molecule has 1 aromatic carbocycles. The van der Waals surface area contributed by atoms with Crippen LogP contribution in [0.4, 0.5) is 13.2 Å². The molecule has 0 radical (unpaired) electrons. The number of hydrogen-bond donors (Lipinski definition) is 1. The first-order valence-corrected chi connectivity index (χ1v) is 5.88. The van der Waals surface area contributed by atoms with Crippen LogP contribution in [0.3, 0.4) is 0 Å². The average molecular weight is 270 g/mol. The first kappa shape index (κ1) is 13.7. The van der Waals surface area contributed by atoms with Crippen molar-refractivity contribution in [3.8, 4) is 0 Å². The molecular weight excluding hydrogens is 259 g/mol. The van der Waals surface area contributed by atoms with Crippen LogP contribution in [0.1, 0.15) is 6.42 Å². The Balaban J connectivity index is 2.76. The van der Waals surface area contributed by atoms with E-state index in [1.54, 1.807) is 18.2 Å². The van der Waals surface area contributed by atoms with Gasteiger partial charge in [-0.3, -0.25) is 0 Å². The zero-order valence-corrected chi connectivity index (χ0v) is 9.87. The number of alkyl halides is 3. The highest BCUT2D eigenvalue weighted by Gasteiger charge is 2.39. The Bertz CT molecular complexity index is 343. The number of thioether (sulfide) groups is 1. The van der Waals surface area contributed by atoms with Crippen molar-refractivity contribution in [2.75, 3.05) is 6.54 Å². The molecule has 0 aliphatic carbocycles. The summed E-state index contributed by atoms with van der Waals surface area (Å²) in [6, 6.07) is 6.37. The molecule has 0 bridgehead atoms. The van der Waals surface area contributed by atoms with Crippen molar-refractivity contribution >= 4 is 23.4 Å². The SMILES string of the molecule is NCCC(Sc1cccc(Cl)c1)C(F)(F)F. The highest BCUT2D eigenvalue weighted by Crippen LogP contribution is 2.37. The van der Waals surface area contributed by atoms with Crippen LogP contribution in [0, 0.1) is 0 Å². The molecule has 16 heavy (non-hydrogen) atoms. The van der Waals surface area contributed by atoms with E-state index in [1.165, 1.54) is 6.07 Å². The first-order chi connectivity index (χ1) is 7.43. The van der Waals surface area contributed by atoms with Crippen LogP contribution in [0.2, 0.25) is 5.02 Å². The molecule has 0 fully saturated rings. The van der Waals surface area contributed by atoms with Crippen molar-refractivity contribution in [2.45, 2.75) is 22.7 Å². The lowest BCUT2D eigenvalue weighted by Gasteiger charge is -2.19. The molecule has 0 aromatic heterocycles. The molecule has 90 valence electrons. The minimum absolute atomic E-state index is 0.0116. The third-order valence-corrected chi connectivity index (χ3v) is 3.42. The molecule has 1 unspecified atom stereocenters. The lowest BCUT2D eigenvalue weighted by atomic mass is 10.3. The third kappa shape index (κ3) is 4.23. The largest absolute Gasteiger partial charge is 0.400 e. The van der Waals surface area contributed by atoms with E-state index in [2.05, 4.69) is 0 Å². The Labute approximate surface area is 101 Å². The van der Waals surface area contributed by atoms with Crippen molar-refractivity contribution in [1.82, 2.24) is 0 Å². The van der Waals surface area contributed by atoms with Crippen molar-refractivity contribution in [3.05, 3.63) is 29.3 Å². The summed E-state index contributed by atoms with van der Waals surface area (Å²) in [6.45, 7) is 0.0116. The van der Waals surface area contributed by atoms with Gasteiger partial charge in [0.15, 0.2) is 0 Å². The van der Waals surface area contributed by atoms with Crippen LogP contribution in [-0.2, 0) is 0 Å². The number of benzene rings is 1. The first-order valence-electron chi connectivity index (χ1n) is 4.62. The molecule has 0 spiro atoms. The number of nitrogens with two attached hydrogens (primary N) is 1. The maximum Gasteiger partial charge on any atom is 0.400 e. The van der Waals surface area contributed by atoms with Gasteiger partial charge in [-0.2, -0.15) is 13.2 Å². The second-order valence-electron chi connectivity index (χ2n) is 3.18. The zero-order chi connectivity index (χ0) is 12.2. The van der Waals surface area contributed by atoms with Gasteiger partial charge in [0.1, 0.15) is 5.25 Å². The number of rotatable bonds is 4. The molecule has 2 N–H and O–H groups in total. The van der Waals surface area contributed by atoms with E-state index < -0.39 is 11.4 Å². The van der Waals surface area contributed by atoms with Crippen LogP contribution in [0.25, 0.3) is 0 Å². The standard InChI is InChI=1S/C10H11ClF3NS/c11-7-2-1-3-8(6-7)16-9(4-5-15)10(12,13)14/h1-3,6,9H,4-5,15H2. The lowest BCUT2D eigenvalue weighted by molar-refractivity contribution is -0.129.